The zero-order valence-electron chi connectivity index (χ0n) is 16.1. The third-order valence-electron chi connectivity index (χ3n) is 4.89. The second kappa shape index (κ2) is 9.84. The van der Waals surface area contributed by atoms with E-state index < -0.39 is 18.0 Å². The molecule has 3 rings (SSSR count). The van der Waals surface area contributed by atoms with E-state index in [1.54, 1.807) is 24.3 Å². The fourth-order valence-electron chi connectivity index (χ4n) is 3.48. The molecule has 0 radical (unpaired) electrons. The molecule has 2 amide bonds. The van der Waals surface area contributed by atoms with Crippen molar-refractivity contribution in [2.75, 3.05) is 19.6 Å². The van der Waals surface area contributed by atoms with Crippen LogP contribution in [0.1, 0.15) is 22.3 Å². The first-order chi connectivity index (χ1) is 14.0. The van der Waals surface area contributed by atoms with Gasteiger partial charge in [0.2, 0.25) is 11.8 Å². The zero-order chi connectivity index (χ0) is 20.6. The number of nitrogens with two attached hydrogens (primary N) is 1. The highest BCUT2D eigenvalue weighted by Gasteiger charge is 2.37. The molecule has 7 heteroatoms. The average molecular weight is 395 g/mol. The van der Waals surface area contributed by atoms with Crippen LogP contribution in [0.4, 0.5) is 0 Å². The zero-order valence-corrected chi connectivity index (χ0v) is 16.1. The van der Waals surface area contributed by atoms with Gasteiger partial charge in [-0.1, -0.05) is 48.5 Å². The SMILES string of the molecule is NC(=O)C[C@H]1CN(CC(=O)NCc2ccccc2)C[C@H]1OC(=O)c1ccccc1. The van der Waals surface area contributed by atoms with Crippen LogP contribution in [-0.4, -0.2) is 48.4 Å². The van der Waals surface area contributed by atoms with Crippen molar-refractivity contribution in [3.8, 4) is 0 Å². The van der Waals surface area contributed by atoms with E-state index in [0.29, 0.717) is 25.2 Å². The van der Waals surface area contributed by atoms with Crippen molar-refractivity contribution >= 4 is 17.8 Å². The summed E-state index contributed by atoms with van der Waals surface area (Å²) in [5.41, 5.74) is 6.82. The summed E-state index contributed by atoms with van der Waals surface area (Å²) in [6.07, 6.45) is -0.383. The first-order valence-electron chi connectivity index (χ1n) is 9.58. The maximum atomic E-state index is 12.4. The summed E-state index contributed by atoms with van der Waals surface area (Å²) in [4.78, 5) is 38.0. The number of amides is 2. The fourth-order valence-corrected chi connectivity index (χ4v) is 3.48. The molecular weight excluding hydrogens is 370 g/mol. The minimum Gasteiger partial charge on any atom is -0.457 e. The van der Waals surface area contributed by atoms with Gasteiger partial charge in [0, 0.05) is 32.0 Å². The van der Waals surface area contributed by atoms with Crippen LogP contribution < -0.4 is 11.1 Å². The van der Waals surface area contributed by atoms with Gasteiger partial charge in [0.05, 0.1) is 12.1 Å². The summed E-state index contributed by atoms with van der Waals surface area (Å²) < 4.78 is 5.63. The predicted octanol–water partition coefficient (Wildman–Crippen LogP) is 1.34. The first kappa shape index (κ1) is 20.5. The molecule has 0 saturated carbocycles. The average Bonchev–Trinajstić information content (AvgIpc) is 3.07. The number of primary amides is 1. The van der Waals surface area contributed by atoms with Gasteiger partial charge in [-0.3, -0.25) is 14.5 Å². The molecule has 0 aromatic heterocycles. The Bertz CT molecular complexity index is 842. The summed E-state index contributed by atoms with van der Waals surface area (Å²) >= 11 is 0. The molecule has 1 fully saturated rings. The van der Waals surface area contributed by atoms with E-state index in [2.05, 4.69) is 5.32 Å². The Morgan fingerprint density at radius 1 is 1.00 bits per heavy atom. The topological polar surface area (TPSA) is 102 Å². The van der Waals surface area contributed by atoms with Crippen LogP contribution in [0, 0.1) is 5.92 Å². The lowest BCUT2D eigenvalue weighted by atomic mass is 10.0. The number of nitrogens with one attached hydrogen (secondary N) is 1. The van der Waals surface area contributed by atoms with Gasteiger partial charge in [-0.25, -0.2) is 4.79 Å². The fraction of sp³-hybridized carbons (Fsp3) is 0.318. The predicted molar refractivity (Wildman–Crippen MR) is 108 cm³/mol. The number of rotatable bonds is 8. The second-order valence-electron chi connectivity index (χ2n) is 7.20. The molecule has 0 aliphatic carbocycles. The van der Waals surface area contributed by atoms with Gasteiger partial charge >= 0.3 is 5.97 Å². The van der Waals surface area contributed by atoms with E-state index in [4.69, 9.17) is 10.5 Å². The smallest absolute Gasteiger partial charge is 0.338 e. The van der Waals surface area contributed by atoms with Crippen LogP contribution in [0.2, 0.25) is 0 Å². The summed E-state index contributed by atoms with van der Waals surface area (Å²) in [5, 5.41) is 2.88. The van der Waals surface area contributed by atoms with Crippen LogP contribution in [0.25, 0.3) is 0 Å². The summed E-state index contributed by atoms with van der Waals surface area (Å²) in [6.45, 7) is 1.47. The normalized spacial score (nSPS) is 18.9. The number of likely N-dealkylation sites (tertiary alicyclic amines) is 1. The lowest BCUT2D eigenvalue weighted by Crippen LogP contribution is -2.36. The van der Waals surface area contributed by atoms with Crippen LogP contribution in [0.5, 0.6) is 0 Å². The van der Waals surface area contributed by atoms with Crippen LogP contribution in [0.15, 0.2) is 60.7 Å². The molecule has 1 heterocycles. The number of ether oxygens (including phenoxy) is 1. The van der Waals surface area contributed by atoms with Crippen molar-refractivity contribution in [2.24, 2.45) is 11.7 Å². The van der Waals surface area contributed by atoms with Crippen LogP contribution in [-0.2, 0) is 20.9 Å². The lowest BCUT2D eigenvalue weighted by molar-refractivity contribution is -0.122. The van der Waals surface area contributed by atoms with E-state index in [9.17, 15) is 14.4 Å². The molecular formula is C22H25N3O4. The third-order valence-corrected chi connectivity index (χ3v) is 4.89. The molecule has 1 aliphatic heterocycles. The number of carbonyl (C=O) groups excluding carboxylic acids is 3. The van der Waals surface area contributed by atoms with Gasteiger partial charge in [-0.15, -0.1) is 0 Å². The molecule has 29 heavy (non-hydrogen) atoms. The number of hydrogen-bond acceptors (Lipinski definition) is 5. The Labute approximate surface area is 169 Å². The summed E-state index contributed by atoms with van der Waals surface area (Å²) in [7, 11) is 0. The number of hydrogen-bond donors (Lipinski definition) is 2. The van der Waals surface area contributed by atoms with Crippen molar-refractivity contribution < 1.29 is 19.1 Å². The van der Waals surface area contributed by atoms with Crippen LogP contribution in [0.3, 0.4) is 0 Å². The molecule has 0 spiro atoms. The van der Waals surface area contributed by atoms with Gasteiger partial charge in [0.25, 0.3) is 0 Å². The molecule has 3 N–H and O–H groups in total. The van der Waals surface area contributed by atoms with E-state index in [1.165, 1.54) is 0 Å². The molecule has 2 aromatic carbocycles. The number of nitrogens with zero attached hydrogens (tertiary/aromatic N) is 1. The molecule has 0 bridgehead atoms. The van der Waals surface area contributed by atoms with E-state index in [-0.39, 0.29) is 24.8 Å². The Kier molecular flexibility index (Phi) is 6.97. The van der Waals surface area contributed by atoms with Gasteiger partial charge in [-0.2, -0.15) is 0 Å². The van der Waals surface area contributed by atoms with Gasteiger partial charge in [0.1, 0.15) is 6.10 Å². The molecule has 7 nitrogen and oxygen atoms in total. The van der Waals surface area contributed by atoms with Crippen molar-refractivity contribution in [3.63, 3.8) is 0 Å². The highest BCUT2D eigenvalue weighted by Crippen LogP contribution is 2.24. The molecule has 2 atom stereocenters. The van der Waals surface area contributed by atoms with Crippen molar-refractivity contribution in [1.82, 2.24) is 10.2 Å². The number of carbonyl (C=O) groups is 3. The van der Waals surface area contributed by atoms with Gasteiger partial charge in [0.15, 0.2) is 0 Å². The minimum atomic E-state index is -0.489. The Balaban J connectivity index is 1.55. The Morgan fingerprint density at radius 3 is 2.31 bits per heavy atom. The molecule has 1 aliphatic rings. The van der Waals surface area contributed by atoms with E-state index in [1.807, 2.05) is 41.3 Å². The van der Waals surface area contributed by atoms with Crippen LogP contribution >= 0.6 is 0 Å². The van der Waals surface area contributed by atoms with Gasteiger partial charge in [-0.05, 0) is 17.7 Å². The summed E-state index contributed by atoms with van der Waals surface area (Å²) in [5.74, 6) is -1.25. The molecule has 0 unspecified atom stereocenters. The second-order valence-corrected chi connectivity index (χ2v) is 7.20. The van der Waals surface area contributed by atoms with Gasteiger partial charge < -0.3 is 15.8 Å². The highest BCUT2D eigenvalue weighted by atomic mass is 16.5. The van der Waals surface area contributed by atoms with Crippen molar-refractivity contribution in [2.45, 2.75) is 19.1 Å². The van der Waals surface area contributed by atoms with E-state index >= 15 is 0 Å². The standard InChI is InChI=1S/C22H25N3O4/c23-20(26)11-18-13-25(15-21(27)24-12-16-7-3-1-4-8-16)14-19(18)29-22(28)17-9-5-2-6-10-17/h1-10,18-19H,11-15H2,(H2,23,26)(H,24,27)/t18-,19+/m0/s1. The molecule has 152 valence electrons. The highest BCUT2D eigenvalue weighted by molar-refractivity contribution is 5.89. The minimum absolute atomic E-state index is 0.106. The molecule has 2 aromatic rings. The number of benzene rings is 2. The van der Waals surface area contributed by atoms with E-state index in [0.717, 1.165) is 5.56 Å². The molecule has 1 saturated heterocycles. The quantitative estimate of drug-likeness (QED) is 0.657. The largest absolute Gasteiger partial charge is 0.457 e. The first-order valence-corrected chi connectivity index (χ1v) is 9.58. The Hall–Kier alpha value is -3.19. The van der Waals surface area contributed by atoms with Crippen molar-refractivity contribution in [1.29, 1.82) is 0 Å². The number of esters is 1. The lowest BCUT2D eigenvalue weighted by Gasteiger charge is -2.18. The maximum Gasteiger partial charge on any atom is 0.338 e. The third kappa shape index (κ3) is 6.15. The van der Waals surface area contributed by atoms with Crippen molar-refractivity contribution in [3.05, 3.63) is 71.8 Å². The maximum absolute atomic E-state index is 12.4. The monoisotopic (exact) mass is 395 g/mol. The Morgan fingerprint density at radius 2 is 1.66 bits per heavy atom. The summed E-state index contributed by atoms with van der Waals surface area (Å²) in [6, 6.07) is 18.3.